The first kappa shape index (κ1) is 18.8. The number of esters is 1. The summed E-state index contributed by atoms with van der Waals surface area (Å²) in [4.78, 5) is 15.8. The average molecular weight is 379 g/mol. The van der Waals surface area contributed by atoms with E-state index in [1.54, 1.807) is 6.92 Å². The summed E-state index contributed by atoms with van der Waals surface area (Å²) in [6.45, 7) is 1.65. The van der Waals surface area contributed by atoms with Gasteiger partial charge in [0.2, 0.25) is 5.88 Å². The zero-order valence-corrected chi connectivity index (χ0v) is 13.8. The second-order valence-corrected chi connectivity index (χ2v) is 6.10. The number of ether oxygens (including phenoxy) is 2. The van der Waals surface area contributed by atoms with Crippen molar-refractivity contribution in [2.45, 2.75) is 12.4 Å². The van der Waals surface area contributed by atoms with Crippen LogP contribution < -0.4 is 8.92 Å². The molecule has 0 N–H and O–H groups in total. The highest BCUT2D eigenvalue weighted by Gasteiger charge is 2.48. The summed E-state index contributed by atoms with van der Waals surface area (Å²) >= 11 is 0. The van der Waals surface area contributed by atoms with Crippen molar-refractivity contribution >= 4 is 27.0 Å². The minimum Gasteiger partial charge on any atom is -0.481 e. The summed E-state index contributed by atoms with van der Waals surface area (Å²) < 4.78 is 74.0. The lowest BCUT2D eigenvalue weighted by molar-refractivity contribution is -0.0499. The van der Waals surface area contributed by atoms with E-state index in [0.717, 1.165) is 12.1 Å². The molecule has 0 saturated carbocycles. The van der Waals surface area contributed by atoms with Crippen molar-refractivity contribution in [3.05, 3.63) is 29.8 Å². The SMILES string of the molecule is CCOC(=O)c1ccc(OS(=O)(=O)C(F)(F)F)c2nc(OC)ccc12. The van der Waals surface area contributed by atoms with Crippen LogP contribution in [0.5, 0.6) is 11.6 Å². The Bertz CT molecular complexity index is 911. The predicted octanol–water partition coefficient (Wildman–Crippen LogP) is 2.65. The smallest absolute Gasteiger partial charge is 0.481 e. The molecule has 1 heterocycles. The highest BCUT2D eigenvalue weighted by Crippen LogP contribution is 2.33. The van der Waals surface area contributed by atoms with Gasteiger partial charge in [-0.2, -0.15) is 21.6 Å². The number of carbonyl (C=O) groups is 1. The van der Waals surface area contributed by atoms with Crippen LogP contribution in [0.3, 0.4) is 0 Å². The van der Waals surface area contributed by atoms with Gasteiger partial charge < -0.3 is 13.7 Å². The molecule has 0 spiro atoms. The van der Waals surface area contributed by atoms with Crippen LogP contribution in [0.15, 0.2) is 24.3 Å². The third kappa shape index (κ3) is 3.76. The third-order valence-corrected chi connectivity index (χ3v) is 3.95. The standard InChI is InChI=1S/C14H12F3NO6S/c1-3-23-13(19)9-4-6-10(24-25(20,21)14(15,16)17)12-8(9)5-7-11(18-12)22-2/h4-7H,3H2,1-2H3. The number of pyridine rings is 1. The Labute approximate surface area is 140 Å². The Kier molecular flexibility index (Phi) is 5.07. The van der Waals surface area contributed by atoms with E-state index in [2.05, 4.69) is 9.17 Å². The highest BCUT2D eigenvalue weighted by molar-refractivity contribution is 7.88. The van der Waals surface area contributed by atoms with Crippen molar-refractivity contribution in [3.8, 4) is 11.6 Å². The normalized spacial score (nSPS) is 12.0. The number of alkyl halides is 3. The molecule has 11 heteroatoms. The lowest BCUT2D eigenvalue weighted by Gasteiger charge is -2.13. The minimum atomic E-state index is -5.90. The van der Waals surface area contributed by atoms with Crippen LogP contribution >= 0.6 is 0 Å². The second kappa shape index (κ2) is 6.75. The lowest BCUT2D eigenvalue weighted by atomic mass is 10.1. The van der Waals surface area contributed by atoms with Crippen molar-refractivity contribution in [1.82, 2.24) is 4.98 Å². The van der Waals surface area contributed by atoms with E-state index < -0.39 is 27.3 Å². The number of hydrogen-bond donors (Lipinski definition) is 0. The monoisotopic (exact) mass is 379 g/mol. The van der Waals surface area contributed by atoms with E-state index in [4.69, 9.17) is 9.47 Å². The summed E-state index contributed by atoms with van der Waals surface area (Å²) in [5.74, 6) is -1.45. The average Bonchev–Trinajstić information content (AvgIpc) is 2.53. The van der Waals surface area contributed by atoms with E-state index >= 15 is 0 Å². The van der Waals surface area contributed by atoms with Crippen LogP contribution in [0.2, 0.25) is 0 Å². The number of hydrogen-bond acceptors (Lipinski definition) is 7. The molecule has 0 saturated heterocycles. The van der Waals surface area contributed by atoms with E-state index in [1.165, 1.54) is 19.2 Å². The van der Waals surface area contributed by atoms with Crippen LogP contribution in [0.4, 0.5) is 13.2 Å². The van der Waals surface area contributed by atoms with Gasteiger partial charge in [-0.05, 0) is 25.1 Å². The van der Waals surface area contributed by atoms with Gasteiger partial charge in [-0.3, -0.25) is 0 Å². The number of aromatic nitrogens is 1. The van der Waals surface area contributed by atoms with Crippen LogP contribution in [-0.4, -0.2) is 38.6 Å². The zero-order valence-electron chi connectivity index (χ0n) is 13.0. The molecule has 0 unspecified atom stereocenters. The molecule has 1 aromatic carbocycles. The molecule has 2 rings (SSSR count). The van der Waals surface area contributed by atoms with Gasteiger partial charge in [-0.25, -0.2) is 9.78 Å². The maximum absolute atomic E-state index is 12.5. The van der Waals surface area contributed by atoms with Crippen molar-refractivity contribution in [1.29, 1.82) is 0 Å². The van der Waals surface area contributed by atoms with Gasteiger partial charge in [0.15, 0.2) is 5.75 Å². The quantitative estimate of drug-likeness (QED) is 0.448. The molecule has 2 aromatic rings. The number of halogens is 3. The number of carbonyl (C=O) groups excluding carboxylic acids is 1. The number of benzene rings is 1. The maximum atomic E-state index is 12.5. The maximum Gasteiger partial charge on any atom is 0.534 e. The molecule has 25 heavy (non-hydrogen) atoms. The molecule has 0 aliphatic carbocycles. The van der Waals surface area contributed by atoms with Crippen LogP contribution in [0.25, 0.3) is 10.9 Å². The van der Waals surface area contributed by atoms with Crippen LogP contribution in [0, 0.1) is 0 Å². The molecule has 0 aliphatic heterocycles. The Balaban J connectivity index is 2.66. The van der Waals surface area contributed by atoms with Crippen LogP contribution in [0.1, 0.15) is 17.3 Å². The van der Waals surface area contributed by atoms with Crippen LogP contribution in [-0.2, 0) is 14.9 Å². The molecular formula is C14H12F3NO6S. The highest BCUT2D eigenvalue weighted by atomic mass is 32.2. The molecule has 136 valence electrons. The number of nitrogens with zero attached hydrogens (tertiary/aromatic N) is 1. The molecule has 1 aromatic heterocycles. The topological polar surface area (TPSA) is 91.8 Å². The Hall–Kier alpha value is -2.56. The molecule has 0 radical (unpaired) electrons. The largest absolute Gasteiger partial charge is 0.534 e. The van der Waals surface area contributed by atoms with Crippen molar-refractivity contribution in [2.75, 3.05) is 13.7 Å². The minimum absolute atomic E-state index is 0.0104. The summed E-state index contributed by atoms with van der Waals surface area (Å²) in [5, 5.41) is 0.0501. The van der Waals surface area contributed by atoms with Gasteiger partial charge in [-0.1, -0.05) is 0 Å². The predicted molar refractivity (Wildman–Crippen MR) is 79.9 cm³/mol. The molecular weight excluding hydrogens is 367 g/mol. The van der Waals surface area contributed by atoms with E-state index in [-0.39, 0.29) is 29.0 Å². The summed E-state index contributed by atoms with van der Waals surface area (Å²) in [5.41, 5.74) is -5.92. The lowest BCUT2D eigenvalue weighted by Crippen LogP contribution is -2.28. The molecule has 0 bridgehead atoms. The molecule has 7 nitrogen and oxygen atoms in total. The van der Waals surface area contributed by atoms with E-state index in [0.29, 0.717) is 0 Å². The molecule has 0 aliphatic rings. The summed E-state index contributed by atoms with van der Waals surface area (Å²) in [6.07, 6.45) is 0. The molecule has 0 atom stereocenters. The van der Waals surface area contributed by atoms with Crippen molar-refractivity contribution in [2.24, 2.45) is 0 Å². The van der Waals surface area contributed by atoms with Gasteiger partial charge in [0.1, 0.15) is 5.52 Å². The molecule has 0 amide bonds. The Morgan fingerprint density at radius 3 is 2.44 bits per heavy atom. The van der Waals surface area contributed by atoms with Crippen molar-refractivity contribution in [3.63, 3.8) is 0 Å². The fourth-order valence-corrected chi connectivity index (χ4v) is 2.37. The Morgan fingerprint density at radius 2 is 1.88 bits per heavy atom. The first-order chi connectivity index (χ1) is 11.6. The first-order valence-electron chi connectivity index (χ1n) is 6.76. The summed E-state index contributed by atoms with van der Waals surface area (Å²) in [7, 11) is -4.64. The first-order valence-corrected chi connectivity index (χ1v) is 8.17. The second-order valence-electron chi connectivity index (χ2n) is 4.56. The summed E-state index contributed by atoms with van der Waals surface area (Å²) in [6, 6.07) is 4.67. The third-order valence-electron chi connectivity index (χ3n) is 2.98. The van der Waals surface area contributed by atoms with Gasteiger partial charge in [0, 0.05) is 11.5 Å². The van der Waals surface area contributed by atoms with Gasteiger partial charge in [0.05, 0.1) is 19.3 Å². The van der Waals surface area contributed by atoms with Gasteiger partial charge >= 0.3 is 21.6 Å². The fourth-order valence-electron chi connectivity index (χ4n) is 1.91. The van der Waals surface area contributed by atoms with Gasteiger partial charge in [-0.15, -0.1) is 0 Å². The fraction of sp³-hybridized carbons (Fsp3) is 0.286. The Morgan fingerprint density at radius 1 is 1.20 bits per heavy atom. The van der Waals surface area contributed by atoms with E-state index in [9.17, 15) is 26.4 Å². The zero-order chi connectivity index (χ0) is 18.8. The van der Waals surface area contributed by atoms with Crippen molar-refractivity contribution < 1.29 is 40.0 Å². The van der Waals surface area contributed by atoms with E-state index in [1.807, 2.05) is 0 Å². The molecule has 0 fully saturated rings. The van der Waals surface area contributed by atoms with Gasteiger partial charge in [0.25, 0.3) is 0 Å². The number of rotatable bonds is 5. The number of methoxy groups -OCH3 is 1. The number of fused-ring (bicyclic) bond motifs is 1.